The third-order valence-corrected chi connectivity index (χ3v) is 14.9. The SMILES string of the molecule is CC1(C)c2ccccc2-c2cc(-c3ccc4c5cccc6c7cccc(-c8cccc(-c9cccc(-c%10cccc(-c%11cc(-c%12ccccc%12)nc(-c%12ccccc%12)n%11)c%10)c9)c8)c7n(c4c3)c56)ccc21. The average molecular weight is 892 g/mol. The van der Waals surface area contributed by atoms with Crippen LogP contribution >= 0.6 is 0 Å². The van der Waals surface area contributed by atoms with Gasteiger partial charge in [0.2, 0.25) is 0 Å². The minimum atomic E-state index is -0.0245. The Kier molecular flexibility index (Phi) is 8.93. The molecule has 0 radical (unpaired) electrons. The highest BCUT2D eigenvalue weighted by Gasteiger charge is 2.35. The van der Waals surface area contributed by atoms with Gasteiger partial charge >= 0.3 is 0 Å². The second-order valence-corrected chi connectivity index (χ2v) is 19.3. The summed E-state index contributed by atoms with van der Waals surface area (Å²) in [5.74, 6) is 0.710. The van der Waals surface area contributed by atoms with E-state index >= 15 is 0 Å². The summed E-state index contributed by atoms with van der Waals surface area (Å²) in [6, 6.07) is 86.1. The third kappa shape index (κ3) is 6.28. The maximum Gasteiger partial charge on any atom is 0.160 e. The Morgan fingerprint density at radius 2 is 0.771 bits per heavy atom. The second-order valence-electron chi connectivity index (χ2n) is 19.3. The molecule has 0 spiro atoms. The van der Waals surface area contributed by atoms with Crippen LogP contribution in [-0.2, 0) is 5.41 Å². The van der Waals surface area contributed by atoms with E-state index in [1.807, 2.05) is 24.3 Å². The van der Waals surface area contributed by atoms with Crippen molar-refractivity contribution >= 4 is 38.1 Å². The van der Waals surface area contributed by atoms with Crippen molar-refractivity contribution in [2.45, 2.75) is 19.3 Å². The molecule has 70 heavy (non-hydrogen) atoms. The van der Waals surface area contributed by atoms with E-state index in [1.54, 1.807) is 0 Å². The fourth-order valence-electron chi connectivity index (χ4n) is 11.5. The predicted octanol–water partition coefficient (Wildman–Crippen LogP) is 17.6. The lowest BCUT2D eigenvalue weighted by atomic mass is 9.82. The highest BCUT2D eigenvalue weighted by Crippen LogP contribution is 2.50. The fourth-order valence-corrected chi connectivity index (χ4v) is 11.5. The van der Waals surface area contributed by atoms with E-state index in [-0.39, 0.29) is 5.41 Å². The number of para-hydroxylation sites is 2. The standard InChI is InChI=1S/C67H45N3/c1-67(2)59-31-10-9-26-53(59)58-39-48(33-35-60(58)67)49-32-34-54-55-28-15-30-57-56-29-14-27-52(64(56)70(65(55)57)63(54)40-49)50-24-12-22-46(37-50)44-20-11-21-45(36-44)47-23-13-25-51(38-47)62-41-61(42-16-5-3-6-17-42)68-66(69-62)43-18-7-4-8-19-43/h3-41H,1-2H3. The van der Waals surface area contributed by atoms with Gasteiger partial charge in [0, 0.05) is 49.2 Å². The number of aromatic nitrogens is 3. The van der Waals surface area contributed by atoms with Crippen LogP contribution in [0.1, 0.15) is 25.0 Å². The molecule has 0 saturated heterocycles. The Labute approximate surface area is 407 Å². The van der Waals surface area contributed by atoms with Crippen LogP contribution in [0.3, 0.4) is 0 Å². The lowest BCUT2D eigenvalue weighted by Crippen LogP contribution is -2.14. The van der Waals surface area contributed by atoms with Crippen molar-refractivity contribution < 1.29 is 0 Å². The molecule has 14 rings (SSSR count). The van der Waals surface area contributed by atoms with Crippen LogP contribution in [0.5, 0.6) is 0 Å². The molecular weight excluding hydrogens is 847 g/mol. The van der Waals surface area contributed by atoms with E-state index in [4.69, 9.17) is 9.97 Å². The zero-order valence-electron chi connectivity index (χ0n) is 38.9. The smallest absolute Gasteiger partial charge is 0.160 e. The number of nitrogens with zero attached hydrogens (tertiary/aromatic N) is 3. The van der Waals surface area contributed by atoms with Crippen LogP contribution in [0.2, 0.25) is 0 Å². The van der Waals surface area contributed by atoms with Crippen LogP contribution in [0.25, 0.3) is 128 Å². The molecule has 0 saturated carbocycles. The van der Waals surface area contributed by atoms with E-state index in [0.29, 0.717) is 5.82 Å². The molecule has 13 aromatic rings. The van der Waals surface area contributed by atoms with E-state index in [1.165, 1.54) is 93.7 Å². The maximum absolute atomic E-state index is 5.13. The first-order chi connectivity index (χ1) is 34.4. The fraction of sp³-hybridized carbons (Fsp3) is 0.0448. The van der Waals surface area contributed by atoms with Gasteiger partial charge in [-0.1, -0.05) is 214 Å². The Hall–Kier alpha value is -8.92. The zero-order valence-corrected chi connectivity index (χ0v) is 38.9. The van der Waals surface area contributed by atoms with Crippen molar-refractivity contribution in [2.75, 3.05) is 0 Å². The largest absolute Gasteiger partial charge is 0.307 e. The lowest BCUT2D eigenvalue weighted by Gasteiger charge is -2.21. The summed E-state index contributed by atoms with van der Waals surface area (Å²) in [7, 11) is 0. The molecule has 0 N–H and O–H groups in total. The maximum atomic E-state index is 5.13. The Morgan fingerprint density at radius 3 is 1.50 bits per heavy atom. The van der Waals surface area contributed by atoms with Gasteiger partial charge in [0.1, 0.15) is 0 Å². The molecule has 0 aliphatic heterocycles. The van der Waals surface area contributed by atoms with Gasteiger partial charge in [-0.3, -0.25) is 0 Å². The topological polar surface area (TPSA) is 30.2 Å². The number of fused-ring (bicyclic) bond motifs is 9. The lowest BCUT2D eigenvalue weighted by molar-refractivity contribution is 0.660. The van der Waals surface area contributed by atoms with E-state index in [2.05, 4.69) is 231 Å². The summed E-state index contributed by atoms with van der Waals surface area (Å²) in [6.07, 6.45) is 0. The summed E-state index contributed by atoms with van der Waals surface area (Å²) in [4.78, 5) is 10.2. The molecule has 3 aromatic heterocycles. The normalized spacial score (nSPS) is 12.8. The average Bonchev–Trinajstić information content (AvgIpc) is 4.03. The molecule has 3 nitrogen and oxygen atoms in total. The Bertz CT molecular complexity index is 4140. The van der Waals surface area contributed by atoms with Crippen molar-refractivity contribution in [2.24, 2.45) is 0 Å². The van der Waals surface area contributed by atoms with Crippen molar-refractivity contribution in [1.82, 2.24) is 14.4 Å². The van der Waals surface area contributed by atoms with Gasteiger partial charge in [0.05, 0.1) is 27.9 Å². The molecule has 0 atom stereocenters. The molecular formula is C67H45N3. The highest BCUT2D eigenvalue weighted by atomic mass is 14.9. The third-order valence-electron chi connectivity index (χ3n) is 14.9. The summed E-state index contributed by atoms with van der Waals surface area (Å²) in [5.41, 5.74) is 23.6. The van der Waals surface area contributed by atoms with Crippen LogP contribution in [0, 0.1) is 0 Å². The van der Waals surface area contributed by atoms with Crippen LogP contribution < -0.4 is 0 Å². The molecule has 1 aliphatic carbocycles. The summed E-state index contributed by atoms with van der Waals surface area (Å²) in [5, 5.41) is 5.11. The molecule has 1 aliphatic rings. The van der Waals surface area contributed by atoms with Gasteiger partial charge in [-0.25, -0.2) is 9.97 Å². The molecule has 0 bridgehead atoms. The number of rotatable bonds is 7. The first-order valence-electron chi connectivity index (χ1n) is 24.2. The summed E-state index contributed by atoms with van der Waals surface area (Å²) >= 11 is 0. The van der Waals surface area contributed by atoms with Crippen LogP contribution in [0.15, 0.2) is 237 Å². The summed E-state index contributed by atoms with van der Waals surface area (Å²) in [6.45, 7) is 4.70. The molecule has 0 unspecified atom stereocenters. The number of hydrogen-bond acceptors (Lipinski definition) is 2. The molecule has 3 heteroatoms. The quantitative estimate of drug-likeness (QED) is 0.160. The minimum Gasteiger partial charge on any atom is -0.307 e. The van der Waals surface area contributed by atoms with Gasteiger partial charge < -0.3 is 4.40 Å². The molecule has 3 heterocycles. The van der Waals surface area contributed by atoms with Crippen molar-refractivity contribution in [3.05, 3.63) is 248 Å². The van der Waals surface area contributed by atoms with Crippen molar-refractivity contribution in [3.8, 4) is 89.5 Å². The first-order valence-corrected chi connectivity index (χ1v) is 24.2. The number of benzene rings is 10. The van der Waals surface area contributed by atoms with Gasteiger partial charge in [-0.15, -0.1) is 0 Å². The number of hydrogen-bond donors (Lipinski definition) is 0. The molecule has 10 aromatic carbocycles. The second kappa shape index (κ2) is 15.6. The Morgan fingerprint density at radius 1 is 0.300 bits per heavy atom. The van der Waals surface area contributed by atoms with Gasteiger partial charge in [0.15, 0.2) is 5.82 Å². The first kappa shape index (κ1) is 40.2. The van der Waals surface area contributed by atoms with Gasteiger partial charge in [-0.2, -0.15) is 0 Å². The van der Waals surface area contributed by atoms with Crippen molar-refractivity contribution in [1.29, 1.82) is 0 Å². The van der Waals surface area contributed by atoms with Crippen molar-refractivity contribution in [3.63, 3.8) is 0 Å². The molecule has 0 amide bonds. The Balaban J connectivity index is 0.857. The predicted molar refractivity (Wildman–Crippen MR) is 292 cm³/mol. The summed E-state index contributed by atoms with van der Waals surface area (Å²) < 4.78 is 2.55. The minimum absolute atomic E-state index is 0.0245. The van der Waals surface area contributed by atoms with E-state index < -0.39 is 0 Å². The molecule has 328 valence electrons. The van der Waals surface area contributed by atoms with E-state index in [9.17, 15) is 0 Å². The van der Waals surface area contributed by atoms with Gasteiger partial charge in [-0.05, 0) is 97.6 Å². The zero-order chi connectivity index (χ0) is 46.5. The highest BCUT2D eigenvalue weighted by molar-refractivity contribution is 6.25. The monoisotopic (exact) mass is 891 g/mol. The van der Waals surface area contributed by atoms with Gasteiger partial charge in [0.25, 0.3) is 0 Å². The van der Waals surface area contributed by atoms with E-state index in [0.717, 1.165) is 39.2 Å². The van der Waals surface area contributed by atoms with Crippen LogP contribution in [-0.4, -0.2) is 14.4 Å². The van der Waals surface area contributed by atoms with Crippen LogP contribution in [0.4, 0.5) is 0 Å². The molecule has 0 fully saturated rings.